The van der Waals surface area contributed by atoms with Crippen LogP contribution >= 0.6 is 27.5 Å². The van der Waals surface area contributed by atoms with E-state index in [9.17, 15) is 0 Å². The average molecular weight is 286 g/mol. The highest BCUT2D eigenvalue weighted by atomic mass is 79.9. The van der Waals surface area contributed by atoms with Crippen LogP contribution in [0, 0.1) is 0 Å². The lowest BCUT2D eigenvalue weighted by Gasteiger charge is -2.09. The van der Waals surface area contributed by atoms with Crippen LogP contribution in [0.25, 0.3) is 10.8 Å². The molecule has 0 saturated carbocycles. The molecule has 2 rings (SSSR count). The van der Waals surface area contributed by atoms with Gasteiger partial charge in [-0.25, -0.2) is 0 Å². The summed E-state index contributed by atoms with van der Waals surface area (Å²) in [6, 6.07) is 10.1. The minimum absolute atomic E-state index is 0.455. The molecule has 0 aliphatic heterocycles. The first-order chi connectivity index (χ1) is 7.26. The Morgan fingerprint density at radius 3 is 2.67 bits per heavy atom. The Kier molecular flexibility index (Phi) is 3.17. The van der Waals surface area contributed by atoms with Crippen LogP contribution < -0.4 is 4.74 Å². The van der Waals surface area contributed by atoms with Gasteiger partial charge in [0.2, 0.25) is 0 Å². The number of alkyl halides is 1. The fourth-order valence-electron chi connectivity index (χ4n) is 1.66. The molecule has 0 heterocycles. The van der Waals surface area contributed by atoms with Gasteiger partial charge in [-0.3, -0.25) is 0 Å². The maximum atomic E-state index is 5.95. The molecule has 0 saturated heterocycles. The van der Waals surface area contributed by atoms with Crippen molar-refractivity contribution in [1.29, 1.82) is 0 Å². The number of hydrogen-bond donors (Lipinski definition) is 0. The number of methoxy groups -OCH3 is 1. The number of rotatable bonds is 2. The molecule has 0 aliphatic rings. The van der Waals surface area contributed by atoms with Gasteiger partial charge in [-0.2, -0.15) is 0 Å². The summed E-state index contributed by atoms with van der Waals surface area (Å²) in [5.74, 6) is 1.30. The molecule has 0 fully saturated rings. The van der Waals surface area contributed by atoms with Crippen LogP contribution in [-0.2, 0) is 5.88 Å². The van der Waals surface area contributed by atoms with E-state index in [4.69, 9.17) is 16.3 Å². The monoisotopic (exact) mass is 284 g/mol. The van der Waals surface area contributed by atoms with Gasteiger partial charge in [-0.1, -0.05) is 28.1 Å². The van der Waals surface area contributed by atoms with Gasteiger partial charge < -0.3 is 4.74 Å². The fraction of sp³-hybridized carbons (Fsp3) is 0.167. The van der Waals surface area contributed by atoms with E-state index in [2.05, 4.69) is 28.1 Å². The molecule has 0 aromatic heterocycles. The highest BCUT2D eigenvalue weighted by Crippen LogP contribution is 2.31. The lowest BCUT2D eigenvalue weighted by atomic mass is 10.0. The van der Waals surface area contributed by atoms with Crippen molar-refractivity contribution in [3.05, 3.63) is 40.4 Å². The van der Waals surface area contributed by atoms with Gasteiger partial charge in [0.05, 0.1) is 13.0 Å². The summed E-state index contributed by atoms with van der Waals surface area (Å²) in [5.41, 5.74) is 1.04. The fourth-order valence-corrected chi connectivity index (χ4v) is 2.30. The van der Waals surface area contributed by atoms with Crippen molar-refractivity contribution in [2.24, 2.45) is 0 Å². The van der Waals surface area contributed by atoms with Crippen LogP contribution in [0.15, 0.2) is 34.8 Å². The molecule has 0 bridgehead atoms. The van der Waals surface area contributed by atoms with Gasteiger partial charge in [0, 0.05) is 10.0 Å². The van der Waals surface area contributed by atoms with Gasteiger partial charge >= 0.3 is 0 Å². The Balaban J connectivity index is 2.79. The molecule has 0 radical (unpaired) electrons. The molecule has 0 amide bonds. The van der Waals surface area contributed by atoms with E-state index in [0.717, 1.165) is 21.2 Å². The molecule has 2 aromatic carbocycles. The third-order valence-electron chi connectivity index (χ3n) is 2.41. The summed E-state index contributed by atoms with van der Waals surface area (Å²) in [4.78, 5) is 0. The van der Waals surface area contributed by atoms with Crippen LogP contribution in [0.4, 0.5) is 0 Å². The zero-order valence-corrected chi connectivity index (χ0v) is 10.6. The lowest BCUT2D eigenvalue weighted by molar-refractivity contribution is 0.412. The van der Waals surface area contributed by atoms with Crippen LogP contribution in [-0.4, -0.2) is 7.11 Å². The second kappa shape index (κ2) is 4.42. The molecule has 3 heteroatoms. The zero-order valence-electron chi connectivity index (χ0n) is 8.26. The SMILES string of the molecule is COc1ccc2ccc(Br)cc2c1CCl. The first-order valence-corrected chi connectivity index (χ1v) is 5.90. The third kappa shape index (κ3) is 1.97. The van der Waals surface area contributed by atoms with Gasteiger partial charge in [-0.05, 0) is 29.0 Å². The number of ether oxygens (including phenoxy) is 1. The van der Waals surface area contributed by atoms with Crippen molar-refractivity contribution in [2.75, 3.05) is 7.11 Å². The normalized spacial score (nSPS) is 10.6. The van der Waals surface area contributed by atoms with Crippen LogP contribution in [0.5, 0.6) is 5.75 Å². The van der Waals surface area contributed by atoms with Crippen molar-refractivity contribution in [2.45, 2.75) is 5.88 Å². The largest absolute Gasteiger partial charge is 0.496 e. The Hall–Kier alpha value is -0.730. The van der Waals surface area contributed by atoms with E-state index >= 15 is 0 Å². The molecule has 78 valence electrons. The summed E-state index contributed by atoms with van der Waals surface area (Å²) < 4.78 is 6.34. The third-order valence-corrected chi connectivity index (χ3v) is 3.17. The maximum absolute atomic E-state index is 5.95. The Bertz CT molecular complexity index is 496. The first kappa shape index (κ1) is 10.8. The van der Waals surface area contributed by atoms with Crippen LogP contribution in [0.1, 0.15) is 5.56 Å². The summed E-state index contributed by atoms with van der Waals surface area (Å²) in [5, 5.41) is 2.31. The van der Waals surface area contributed by atoms with Crippen molar-refractivity contribution in [3.63, 3.8) is 0 Å². The smallest absolute Gasteiger partial charge is 0.123 e. The number of halogens is 2. The highest BCUT2D eigenvalue weighted by Gasteiger charge is 2.07. The number of benzene rings is 2. The standard InChI is InChI=1S/C12H10BrClO/c1-15-12-5-3-8-2-4-9(13)6-10(8)11(12)7-14/h2-6H,7H2,1H3. The van der Waals surface area contributed by atoms with Crippen molar-refractivity contribution >= 4 is 38.3 Å². The number of fused-ring (bicyclic) bond motifs is 1. The summed E-state index contributed by atoms with van der Waals surface area (Å²) in [7, 11) is 1.66. The van der Waals surface area contributed by atoms with E-state index in [0.29, 0.717) is 5.88 Å². The van der Waals surface area contributed by atoms with Crippen LogP contribution in [0.2, 0.25) is 0 Å². The highest BCUT2D eigenvalue weighted by molar-refractivity contribution is 9.10. The first-order valence-electron chi connectivity index (χ1n) is 4.57. The Morgan fingerprint density at radius 1 is 1.27 bits per heavy atom. The predicted molar refractivity (Wildman–Crippen MR) is 67.8 cm³/mol. The van der Waals surface area contributed by atoms with Gasteiger partial charge in [0.15, 0.2) is 0 Å². The summed E-state index contributed by atoms with van der Waals surface area (Å²) >= 11 is 9.41. The maximum Gasteiger partial charge on any atom is 0.123 e. The molecular weight excluding hydrogens is 275 g/mol. The molecule has 0 atom stereocenters. The molecule has 0 N–H and O–H groups in total. The summed E-state index contributed by atoms with van der Waals surface area (Å²) in [6.07, 6.45) is 0. The van der Waals surface area contributed by atoms with Crippen LogP contribution in [0.3, 0.4) is 0 Å². The minimum Gasteiger partial charge on any atom is -0.496 e. The molecule has 1 nitrogen and oxygen atoms in total. The van der Waals surface area contributed by atoms with Gasteiger partial charge in [0.1, 0.15) is 5.75 Å². The lowest BCUT2D eigenvalue weighted by Crippen LogP contribution is -1.90. The molecule has 0 spiro atoms. The number of hydrogen-bond acceptors (Lipinski definition) is 1. The minimum atomic E-state index is 0.455. The second-order valence-corrected chi connectivity index (χ2v) is 4.43. The Morgan fingerprint density at radius 2 is 2.00 bits per heavy atom. The van der Waals surface area contributed by atoms with E-state index in [1.807, 2.05) is 18.2 Å². The predicted octanol–water partition coefficient (Wildman–Crippen LogP) is 4.35. The van der Waals surface area contributed by atoms with E-state index in [1.165, 1.54) is 5.39 Å². The summed E-state index contributed by atoms with van der Waals surface area (Å²) in [6.45, 7) is 0. The molecule has 0 aliphatic carbocycles. The average Bonchev–Trinajstić information content (AvgIpc) is 2.27. The van der Waals surface area contributed by atoms with Crippen molar-refractivity contribution in [3.8, 4) is 5.75 Å². The molecular formula is C12H10BrClO. The molecule has 2 aromatic rings. The van der Waals surface area contributed by atoms with Gasteiger partial charge in [0.25, 0.3) is 0 Å². The second-order valence-electron chi connectivity index (χ2n) is 3.25. The van der Waals surface area contributed by atoms with E-state index < -0.39 is 0 Å². The van der Waals surface area contributed by atoms with Crippen molar-refractivity contribution < 1.29 is 4.74 Å². The Labute approximate surface area is 102 Å². The quantitative estimate of drug-likeness (QED) is 0.745. The molecule has 0 unspecified atom stereocenters. The zero-order chi connectivity index (χ0) is 10.8. The molecule has 15 heavy (non-hydrogen) atoms. The van der Waals surface area contributed by atoms with E-state index in [-0.39, 0.29) is 0 Å². The topological polar surface area (TPSA) is 9.23 Å². The van der Waals surface area contributed by atoms with Gasteiger partial charge in [-0.15, -0.1) is 11.6 Å². The van der Waals surface area contributed by atoms with E-state index in [1.54, 1.807) is 7.11 Å². The van der Waals surface area contributed by atoms with Crippen molar-refractivity contribution in [1.82, 2.24) is 0 Å².